The van der Waals surface area contributed by atoms with Gasteiger partial charge in [-0.15, -0.1) is 0 Å². The maximum atomic E-state index is 14.6. The van der Waals surface area contributed by atoms with Crippen LogP contribution in [0.2, 0.25) is 0 Å². The second-order valence-corrected chi connectivity index (χ2v) is 7.10. The molecule has 0 spiro atoms. The molecule has 7 heteroatoms. The second-order valence-electron chi connectivity index (χ2n) is 7.10. The van der Waals surface area contributed by atoms with E-state index in [0.29, 0.717) is 17.2 Å². The van der Waals surface area contributed by atoms with Crippen LogP contribution in [0.15, 0.2) is 72.6 Å². The van der Waals surface area contributed by atoms with Crippen LogP contribution in [-0.2, 0) is 16.0 Å². The number of benzene rings is 2. The summed E-state index contributed by atoms with van der Waals surface area (Å²) < 4.78 is 28.0. The first-order valence-electron chi connectivity index (χ1n) is 9.67. The summed E-state index contributed by atoms with van der Waals surface area (Å²) in [6.45, 7) is 1.99. The molecule has 1 atom stereocenters. The Bertz CT molecular complexity index is 1190. The number of ketones is 1. The van der Waals surface area contributed by atoms with Crippen molar-refractivity contribution in [3.05, 3.63) is 101 Å². The van der Waals surface area contributed by atoms with Crippen molar-refractivity contribution in [2.24, 2.45) is 0 Å². The fourth-order valence-corrected chi connectivity index (χ4v) is 3.66. The summed E-state index contributed by atoms with van der Waals surface area (Å²) in [6.07, 6.45) is 3.74. The van der Waals surface area contributed by atoms with Crippen LogP contribution in [0, 0.1) is 11.6 Å². The van der Waals surface area contributed by atoms with Crippen molar-refractivity contribution >= 4 is 23.1 Å². The number of aliphatic hydroxyl groups is 1. The Balaban J connectivity index is 1.93. The minimum atomic E-state index is -1.13. The van der Waals surface area contributed by atoms with Gasteiger partial charge in [0.15, 0.2) is 0 Å². The first-order valence-corrected chi connectivity index (χ1v) is 9.67. The SMILES string of the molecule is CCc1ccc(/C(O)=C2\C(=O)C(=O)N(c3ccc(F)cc3F)C2c2cccnc2)cc1. The predicted octanol–water partition coefficient (Wildman–Crippen LogP) is 4.55. The van der Waals surface area contributed by atoms with E-state index < -0.39 is 29.4 Å². The van der Waals surface area contributed by atoms with Crippen LogP contribution in [-0.4, -0.2) is 21.8 Å². The molecule has 1 fully saturated rings. The topological polar surface area (TPSA) is 70.5 Å². The standard InChI is InChI=1S/C24H18F2N2O3/c1-2-14-5-7-15(8-6-14)22(29)20-21(16-4-3-11-27-13-16)28(24(31)23(20)30)19-10-9-17(25)12-18(19)26/h3-13,21,29H,2H2,1H3/b22-20+. The van der Waals surface area contributed by atoms with Crippen LogP contribution in [0.4, 0.5) is 14.5 Å². The molecular formula is C24H18F2N2O3. The Morgan fingerprint density at radius 2 is 1.84 bits per heavy atom. The molecule has 1 unspecified atom stereocenters. The fourth-order valence-electron chi connectivity index (χ4n) is 3.66. The van der Waals surface area contributed by atoms with Crippen molar-refractivity contribution < 1.29 is 23.5 Å². The average Bonchev–Trinajstić information content (AvgIpc) is 3.04. The number of aliphatic hydroxyl groups excluding tert-OH is 1. The number of nitrogens with zero attached hydrogens (tertiary/aromatic N) is 2. The van der Waals surface area contributed by atoms with Gasteiger partial charge in [-0.25, -0.2) is 8.78 Å². The largest absolute Gasteiger partial charge is 0.507 e. The zero-order chi connectivity index (χ0) is 22.1. The Morgan fingerprint density at radius 3 is 2.45 bits per heavy atom. The van der Waals surface area contributed by atoms with Crippen molar-refractivity contribution in [1.82, 2.24) is 4.98 Å². The highest BCUT2D eigenvalue weighted by Crippen LogP contribution is 2.42. The number of halogens is 2. The van der Waals surface area contributed by atoms with E-state index in [4.69, 9.17) is 0 Å². The van der Waals surface area contributed by atoms with Crippen molar-refractivity contribution in [2.75, 3.05) is 4.90 Å². The van der Waals surface area contributed by atoms with Gasteiger partial charge < -0.3 is 5.11 Å². The highest BCUT2D eigenvalue weighted by atomic mass is 19.1. The number of carbonyl (C=O) groups is 2. The molecule has 2 heterocycles. The number of aryl methyl sites for hydroxylation is 1. The third kappa shape index (κ3) is 3.59. The Labute approximate surface area is 177 Å². The molecule has 0 aliphatic carbocycles. The van der Waals surface area contributed by atoms with Gasteiger partial charge in [0.2, 0.25) is 0 Å². The molecule has 1 aliphatic heterocycles. The van der Waals surface area contributed by atoms with Gasteiger partial charge in [0.1, 0.15) is 17.4 Å². The Morgan fingerprint density at radius 1 is 1.10 bits per heavy atom. The number of aromatic nitrogens is 1. The predicted molar refractivity (Wildman–Crippen MR) is 111 cm³/mol. The zero-order valence-electron chi connectivity index (χ0n) is 16.5. The van der Waals surface area contributed by atoms with Gasteiger partial charge in [-0.05, 0) is 35.7 Å². The maximum Gasteiger partial charge on any atom is 0.300 e. The summed E-state index contributed by atoms with van der Waals surface area (Å²) in [5, 5.41) is 11.0. The van der Waals surface area contributed by atoms with Crippen LogP contribution in [0.5, 0.6) is 0 Å². The minimum absolute atomic E-state index is 0.189. The van der Waals surface area contributed by atoms with Gasteiger partial charge in [0, 0.05) is 24.0 Å². The molecule has 4 rings (SSSR count). The van der Waals surface area contributed by atoms with Gasteiger partial charge >= 0.3 is 0 Å². The molecule has 1 saturated heterocycles. The third-order valence-electron chi connectivity index (χ3n) is 5.25. The average molecular weight is 420 g/mol. The van der Waals surface area contributed by atoms with Crippen molar-refractivity contribution in [1.29, 1.82) is 0 Å². The maximum absolute atomic E-state index is 14.6. The molecule has 1 aliphatic rings. The summed E-state index contributed by atoms with van der Waals surface area (Å²) in [6, 6.07) is 11.8. The highest BCUT2D eigenvalue weighted by molar-refractivity contribution is 6.51. The lowest BCUT2D eigenvalue weighted by Crippen LogP contribution is -2.30. The first kappa shape index (κ1) is 20.4. The minimum Gasteiger partial charge on any atom is -0.507 e. The van der Waals surface area contributed by atoms with Gasteiger partial charge in [0.05, 0.1) is 17.3 Å². The van der Waals surface area contributed by atoms with Crippen LogP contribution < -0.4 is 4.90 Å². The van der Waals surface area contributed by atoms with Gasteiger partial charge in [0.25, 0.3) is 11.7 Å². The summed E-state index contributed by atoms with van der Waals surface area (Å²) in [4.78, 5) is 30.8. The van der Waals surface area contributed by atoms with E-state index in [1.807, 2.05) is 19.1 Å². The molecule has 0 saturated carbocycles. The number of amides is 1. The molecule has 31 heavy (non-hydrogen) atoms. The number of hydrogen-bond acceptors (Lipinski definition) is 4. The van der Waals surface area contributed by atoms with Crippen molar-refractivity contribution in [2.45, 2.75) is 19.4 Å². The van der Waals surface area contributed by atoms with E-state index in [1.165, 1.54) is 12.4 Å². The van der Waals surface area contributed by atoms with E-state index in [0.717, 1.165) is 29.0 Å². The number of rotatable bonds is 4. The quantitative estimate of drug-likeness (QED) is 0.382. The monoisotopic (exact) mass is 420 g/mol. The molecular weight excluding hydrogens is 402 g/mol. The van der Waals surface area contributed by atoms with E-state index in [-0.39, 0.29) is 17.0 Å². The van der Waals surface area contributed by atoms with Crippen molar-refractivity contribution in [3.8, 4) is 0 Å². The number of pyridine rings is 1. The summed E-state index contributed by atoms with van der Waals surface area (Å²) in [7, 11) is 0. The molecule has 3 aromatic rings. The lowest BCUT2D eigenvalue weighted by Gasteiger charge is -2.25. The number of Topliss-reactive ketones (excluding diaryl/α,β-unsaturated/α-hetero) is 1. The highest BCUT2D eigenvalue weighted by Gasteiger charge is 2.47. The lowest BCUT2D eigenvalue weighted by atomic mass is 9.95. The molecule has 1 aromatic heterocycles. The number of hydrogen-bond donors (Lipinski definition) is 1. The Kier molecular flexibility index (Phi) is 5.33. The van der Waals surface area contributed by atoms with Gasteiger partial charge in [-0.1, -0.05) is 37.3 Å². The van der Waals surface area contributed by atoms with Gasteiger partial charge in [-0.3, -0.25) is 19.5 Å². The molecule has 0 radical (unpaired) electrons. The molecule has 1 amide bonds. The molecule has 5 nitrogen and oxygen atoms in total. The second kappa shape index (κ2) is 8.10. The van der Waals surface area contributed by atoms with Crippen molar-refractivity contribution in [3.63, 3.8) is 0 Å². The number of anilines is 1. The first-order chi connectivity index (χ1) is 14.9. The van der Waals surface area contributed by atoms with Gasteiger partial charge in [-0.2, -0.15) is 0 Å². The molecule has 156 valence electrons. The third-order valence-corrected chi connectivity index (χ3v) is 5.25. The number of carbonyl (C=O) groups excluding carboxylic acids is 2. The summed E-state index contributed by atoms with van der Waals surface area (Å²) in [5.74, 6) is -4.17. The fraction of sp³-hybridized carbons (Fsp3) is 0.125. The molecule has 2 aromatic carbocycles. The normalized spacial score (nSPS) is 17.9. The smallest absolute Gasteiger partial charge is 0.300 e. The van der Waals surface area contributed by atoms with E-state index in [1.54, 1.807) is 24.3 Å². The van der Waals surface area contributed by atoms with Crippen LogP contribution in [0.25, 0.3) is 5.76 Å². The van der Waals surface area contributed by atoms with Crippen LogP contribution >= 0.6 is 0 Å². The summed E-state index contributed by atoms with van der Waals surface area (Å²) >= 11 is 0. The lowest BCUT2D eigenvalue weighted by molar-refractivity contribution is -0.132. The Hall–Kier alpha value is -3.87. The van der Waals surface area contributed by atoms with E-state index >= 15 is 0 Å². The molecule has 0 bridgehead atoms. The van der Waals surface area contributed by atoms with E-state index in [2.05, 4.69) is 4.98 Å². The van der Waals surface area contributed by atoms with Crippen LogP contribution in [0.1, 0.15) is 29.7 Å². The van der Waals surface area contributed by atoms with Crippen LogP contribution in [0.3, 0.4) is 0 Å². The summed E-state index contributed by atoms with van der Waals surface area (Å²) in [5.41, 5.74) is 1.33. The molecule has 1 N–H and O–H groups in total. The zero-order valence-corrected chi connectivity index (χ0v) is 16.5. The van der Waals surface area contributed by atoms with E-state index in [9.17, 15) is 23.5 Å².